The summed E-state index contributed by atoms with van der Waals surface area (Å²) >= 11 is 1.33. The lowest BCUT2D eigenvalue weighted by molar-refractivity contribution is -0.0498. The van der Waals surface area contributed by atoms with Crippen LogP contribution < -0.4 is 4.74 Å². The number of nitrogens with zero attached hydrogens (tertiary/aromatic N) is 3. The molecule has 0 bridgehead atoms. The van der Waals surface area contributed by atoms with Crippen LogP contribution in [0.3, 0.4) is 0 Å². The topological polar surface area (TPSA) is 74.2 Å². The molecule has 2 heterocycles. The Morgan fingerprint density at radius 3 is 2.65 bits per heavy atom. The predicted octanol–water partition coefficient (Wildman–Crippen LogP) is 3.93. The molecule has 9 heteroatoms. The van der Waals surface area contributed by atoms with Gasteiger partial charge in [-0.15, -0.1) is 10.2 Å². The van der Waals surface area contributed by atoms with Gasteiger partial charge in [-0.1, -0.05) is 16.9 Å². The lowest BCUT2D eigenvalue weighted by Crippen LogP contribution is -2.01. The molecule has 0 atom stereocenters. The zero-order valence-corrected chi connectivity index (χ0v) is 12.7. The van der Waals surface area contributed by atoms with Crippen LogP contribution in [0.5, 0.6) is 5.75 Å². The van der Waals surface area contributed by atoms with Crippen LogP contribution in [0.1, 0.15) is 11.5 Å². The Hall–Kier alpha value is -2.42. The van der Waals surface area contributed by atoms with Crippen molar-refractivity contribution in [3.63, 3.8) is 0 Å². The first kappa shape index (κ1) is 15.5. The number of alkyl halides is 2. The SMILES string of the molecule is Cc1cc(CSc2nnc(-c3ccc(OC(F)F)cc3)o2)no1. The molecule has 0 saturated heterocycles. The lowest BCUT2D eigenvalue weighted by Gasteiger charge is -2.03. The van der Waals surface area contributed by atoms with E-state index >= 15 is 0 Å². The van der Waals surface area contributed by atoms with Gasteiger partial charge in [0.25, 0.3) is 5.22 Å². The zero-order valence-electron chi connectivity index (χ0n) is 11.9. The van der Waals surface area contributed by atoms with Crippen LogP contribution in [0.25, 0.3) is 11.5 Å². The summed E-state index contributed by atoms with van der Waals surface area (Å²) in [7, 11) is 0. The van der Waals surface area contributed by atoms with E-state index in [-0.39, 0.29) is 5.75 Å². The number of ether oxygens (including phenoxy) is 1. The van der Waals surface area contributed by atoms with Crippen LogP contribution in [0.2, 0.25) is 0 Å². The van der Waals surface area contributed by atoms with Crippen LogP contribution in [0.15, 0.2) is 44.5 Å². The van der Waals surface area contributed by atoms with E-state index in [1.807, 2.05) is 13.0 Å². The van der Waals surface area contributed by atoms with Crippen molar-refractivity contribution in [3.05, 3.63) is 41.8 Å². The average Bonchev–Trinajstić information content (AvgIpc) is 3.14. The molecule has 3 aromatic rings. The van der Waals surface area contributed by atoms with Crippen molar-refractivity contribution >= 4 is 11.8 Å². The second kappa shape index (κ2) is 6.78. The normalized spacial score (nSPS) is 11.1. The number of halogens is 2. The molecule has 0 N–H and O–H groups in total. The van der Waals surface area contributed by atoms with E-state index < -0.39 is 6.61 Å². The predicted molar refractivity (Wildman–Crippen MR) is 77.2 cm³/mol. The molecule has 1 aromatic carbocycles. The smallest absolute Gasteiger partial charge is 0.387 e. The molecule has 23 heavy (non-hydrogen) atoms. The number of hydrogen-bond donors (Lipinski definition) is 0. The summed E-state index contributed by atoms with van der Waals surface area (Å²) in [5, 5.41) is 12.1. The molecule has 120 valence electrons. The van der Waals surface area contributed by atoms with Gasteiger partial charge < -0.3 is 13.7 Å². The Morgan fingerprint density at radius 2 is 2.00 bits per heavy atom. The number of aryl methyl sites for hydroxylation is 1. The van der Waals surface area contributed by atoms with E-state index in [2.05, 4.69) is 20.1 Å². The summed E-state index contributed by atoms with van der Waals surface area (Å²) in [6, 6.07) is 7.79. The van der Waals surface area contributed by atoms with Gasteiger partial charge in [-0.2, -0.15) is 8.78 Å². The molecule has 2 aromatic heterocycles. The van der Waals surface area contributed by atoms with E-state index in [9.17, 15) is 8.78 Å². The fourth-order valence-electron chi connectivity index (χ4n) is 1.79. The minimum Gasteiger partial charge on any atom is -0.435 e. The second-order valence-electron chi connectivity index (χ2n) is 4.49. The molecule has 0 fully saturated rings. The van der Waals surface area contributed by atoms with Gasteiger partial charge >= 0.3 is 6.61 Å². The Morgan fingerprint density at radius 1 is 1.22 bits per heavy atom. The van der Waals surface area contributed by atoms with Crippen molar-refractivity contribution in [2.24, 2.45) is 0 Å². The highest BCUT2D eigenvalue weighted by molar-refractivity contribution is 7.98. The number of benzene rings is 1. The Balaban J connectivity index is 1.64. The highest BCUT2D eigenvalue weighted by Crippen LogP contribution is 2.27. The van der Waals surface area contributed by atoms with Crippen LogP contribution in [0, 0.1) is 6.92 Å². The first-order valence-corrected chi connectivity index (χ1v) is 7.52. The average molecular weight is 339 g/mol. The summed E-state index contributed by atoms with van der Waals surface area (Å²) in [5.74, 6) is 1.64. The van der Waals surface area contributed by atoms with Gasteiger partial charge in [-0.3, -0.25) is 0 Å². The third kappa shape index (κ3) is 4.07. The van der Waals surface area contributed by atoms with Gasteiger partial charge in [0.05, 0.1) is 5.69 Å². The van der Waals surface area contributed by atoms with Crippen LogP contribution in [-0.4, -0.2) is 22.0 Å². The minimum absolute atomic E-state index is 0.0688. The van der Waals surface area contributed by atoms with Gasteiger partial charge in [-0.05, 0) is 31.2 Å². The fourth-order valence-corrected chi connectivity index (χ4v) is 2.43. The molecule has 0 unspecified atom stereocenters. The number of hydrogen-bond acceptors (Lipinski definition) is 7. The number of aromatic nitrogens is 3. The van der Waals surface area contributed by atoms with E-state index in [0.29, 0.717) is 22.4 Å². The van der Waals surface area contributed by atoms with Crippen molar-refractivity contribution in [2.75, 3.05) is 0 Å². The van der Waals surface area contributed by atoms with E-state index in [1.54, 1.807) is 12.1 Å². The van der Waals surface area contributed by atoms with Gasteiger partial charge in [-0.25, -0.2) is 0 Å². The van der Waals surface area contributed by atoms with Crippen molar-refractivity contribution < 1.29 is 22.5 Å². The van der Waals surface area contributed by atoms with Gasteiger partial charge in [0.15, 0.2) is 0 Å². The summed E-state index contributed by atoms with van der Waals surface area (Å²) < 4.78 is 39.0. The summed E-state index contributed by atoms with van der Waals surface area (Å²) in [6.07, 6.45) is 0. The fraction of sp³-hybridized carbons (Fsp3) is 0.214. The molecule has 6 nitrogen and oxygen atoms in total. The maximum atomic E-state index is 12.1. The maximum Gasteiger partial charge on any atom is 0.387 e. The molecular formula is C14H11F2N3O3S. The standard InChI is InChI=1S/C14H11F2N3O3S/c1-8-6-10(19-22-8)7-23-14-18-17-12(21-14)9-2-4-11(5-3-9)20-13(15)16/h2-6,13H,7H2,1H3. The van der Waals surface area contributed by atoms with Crippen LogP contribution >= 0.6 is 11.8 Å². The summed E-state index contributed by atoms with van der Waals surface area (Å²) in [5.41, 5.74) is 1.39. The highest BCUT2D eigenvalue weighted by Gasteiger charge is 2.11. The third-order valence-electron chi connectivity index (χ3n) is 2.75. The molecule has 0 spiro atoms. The van der Waals surface area contributed by atoms with Crippen molar-refractivity contribution in [1.29, 1.82) is 0 Å². The van der Waals surface area contributed by atoms with Gasteiger partial charge in [0, 0.05) is 17.4 Å². The molecule has 0 radical (unpaired) electrons. The van der Waals surface area contributed by atoms with Crippen molar-refractivity contribution in [2.45, 2.75) is 24.5 Å². The Kier molecular flexibility index (Phi) is 4.56. The minimum atomic E-state index is -2.85. The quantitative estimate of drug-likeness (QED) is 0.630. The monoisotopic (exact) mass is 339 g/mol. The number of thioether (sulfide) groups is 1. The molecule has 0 aliphatic rings. The van der Waals surface area contributed by atoms with E-state index in [1.165, 1.54) is 23.9 Å². The van der Waals surface area contributed by atoms with Crippen molar-refractivity contribution in [3.8, 4) is 17.2 Å². The molecular weight excluding hydrogens is 328 g/mol. The first-order chi connectivity index (χ1) is 11.1. The number of rotatable bonds is 6. The first-order valence-electron chi connectivity index (χ1n) is 6.54. The molecule has 0 aliphatic heterocycles. The lowest BCUT2D eigenvalue weighted by atomic mass is 10.2. The summed E-state index contributed by atoms with van der Waals surface area (Å²) in [6.45, 7) is -1.04. The summed E-state index contributed by atoms with van der Waals surface area (Å²) in [4.78, 5) is 0. The second-order valence-corrected chi connectivity index (χ2v) is 5.42. The Labute approximate surface area is 133 Å². The third-order valence-corrected chi connectivity index (χ3v) is 3.61. The van der Waals surface area contributed by atoms with Crippen LogP contribution in [0.4, 0.5) is 8.78 Å². The Bertz CT molecular complexity index is 774. The van der Waals surface area contributed by atoms with Gasteiger partial charge in [0.1, 0.15) is 11.5 Å². The van der Waals surface area contributed by atoms with Crippen LogP contribution in [-0.2, 0) is 5.75 Å². The molecule has 0 amide bonds. The maximum absolute atomic E-state index is 12.1. The zero-order chi connectivity index (χ0) is 16.2. The van der Waals surface area contributed by atoms with E-state index in [0.717, 1.165) is 11.5 Å². The van der Waals surface area contributed by atoms with Gasteiger partial charge in [0.2, 0.25) is 5.89 Å². The largest absolute Gasteiger partial charge is 0.435 e. The van der Waals surface area contributed by atoms with Crippen molar-refractivity contribution in [1.82, 2.24) is 15.4 Å². The molecule has 0 aliphatic carbocycles. The molecule has 0 saturated carbocycles. The molecule has 3 rings (SSSR count). The van der Waals surface area contributed by atoms with E-state index in [4.69, 9.17) is 8.94 Å². The highest BCUT2D eigenvalue weighted by atomic mass is 32.2.